The lowest BCUT2D eigenvalue weighted by Crippen LogP contribution is -2.53. The molecule has 1 spiro atoms. The van der Waals surface area contributed by atoms with E-state index in [0.29, 0.717) is 11.2 Å². The minimum Gasteiger partial charge on any atom is -0.341 e. The van der Waals surface area contributed by atoms with Gasteiger partial charge in [0.15, 0.2) is 0 Å². The van der Waals surface area contributed by atoms with Gasteiger partial charge < -0.3 is 15.5 Å². The molecule has 0 unspecified atom stereocenters. The largest absolute Gasteiger partial charge is 0.341 e. The van der Waals surface area contributed by atoms with Crippen LogP contribution >= 0.6 is 11.8 Å². The Morgan fingerprint density at radius 2 is 2.11 bits per heavy atom. The van der Waals surface area contributed by atoms with Crippen LogP contribution in [0.5, 0.6) is 0 Å². The number of piperidine rings is 2. The van der Waals surface area contributed by atoms with Gasteiger partial charge in [-0.25, -0.2) is 0 Å². The minimum absolute atomic E-state index is 0.0664. The summed E-state index contributed by atoms with van der Waals surface area (Å²) in [5, 5.41) is 6.16. The number of nitrogens with zero attached hydrogens (tertiary/aromatic N) is 1. The Hall–Kier alpha value is -0.750. The number of carbonyl (C=O) groups excluding carboxylic acids is 2. The molecule has 0 radical (unpaired) electrons. The maximum atomic E-state index is 12.3. The number of nitrogens with one attached hydrogen (secondary N) is 2. The highest BCUT2D eigenvalue weighted by Crippen LogP contribution is 2.37. The lowest BCUT2D eigenvalue weighted by molar-refractivity contribution is -0.135. The molecule has 3 aliphatic heterocycles. The highest BCUT2D eigenvalue weighted by Gasteiger charge is 2.39. The predicted octanol–water partition coefficient (Wildman–Crippen LogP) is 0.804. The van der Waals surface area contributed by atoms with E-state index in [0.717, 1.165) is 39.0 Å². The van der Waals surface area contributed by atoms with Gasteiger partial charge in [0, 0.05) is 25.4 Å². The SMILES string of the molecule is O=C1N[C@H](C(=O)N2CCC3(CCCNC3)CC2)CS1. The Bertz CT molecular complexity index is 372. The quantitative estimate of drug-likeness (QED) is 0.747. The second kappa shape index (κ2) is 5.32. The zero-order valence-corrected chi connectivity index (χ0v) is 11.9. The molecule has 3 saturated heterocycles. The molecule has 0 aromatic rings. The first-order valence-electron chi connectivity index (χ1n) is 7.11. The summed E-state index contributed by atoms with van der Waals surface area (Å²) in [6, 6.07) is -0.295. The first-order chi connectivity index (χ1) is 9.19. The van der Waals surface area contributed by atoms with E-state index >= 15 is 0 Å². The van der Waals surface area contributed by atoms with Crippen LogP contribution in [0.3, 0.4) is 0 Å². The summed E-state index contributed by atoms with van der Waals surface area (Å²) >= 11 is 1.21. The molecule has 0 aromatic carbocycles. The Labute approximate surface area is 117 Å². The summed E-state index contributed by atoms with van der Waals surface area (Å²) < 4.78 is 0. The van der Waals surface area contributed by atoms with Crippen molar-refractivity contribution in [1.29, 1.82) is 0 Å². The van der Waals surface area contributed by atoms with Crippen LogP contribution in [0.4, 0.5) is 4.79 Å². The number of thioether (sulfide) groups is 1. The van der Waals surface area contributed by atoms with Gasteiger partial charge in [0.1, 0.15) is 6.04 Å². The van der Waals surface area contributed by atoms with E-state index in [-0.39, 0.29) is 17.2 Å². The summed E-state index contributed by atoms with van der Waals surface area (Å²) in [7, 11) is 0. The third-order valence-corrected chi connectivity index (χ3v) is 5.55. The molecular formula is C13H21N3O2S. The lowest BCUT2D eigenvalue weighted by Gasteiger charge is -2.44. The Morgan fingerprint density at radius 3 is 2.68 bits per heavy atom. The minimum atomic E-state index is -0.295. The molecule has 2 N–H and O–H groups in total. The molecule has 5 nitrogen and oxygen atoms in total. The third-order valence-electron chi connectivity index (χ3n) is 4.67. The molecule has 19 heavy (non-hydrogen) atoms. The van der Waals surface area contributed by atoms with Crippen LogP contribution in [-0.4, -0.2) is 54.0 Å². The molecule has 1 atom stereocenters. The van der Waals surface area contributed by atoms with Crippen molar-refractivity contribution in [3.63, 3.8) is 0 Å². The van der Waals surface area contributed by atoms with Gasteiger partial charge in [-0.3, -0.25) is 9.59 Å². The number of hydrogen-bond donors (Lipinski definition) is 2. The highest BCUT2D eigenvalue weighted by atomic mass is 32.2. The average Bonchev–Trinajstić information content (AvgIpc) is 2.87. The van der Waals surface area contributed by atoms with E-state index in [4.69, 9.17) is 0 Å². The predicted molar refractivity (Wildman–Crippen MR) is 75.1 cm³/mol. The first kappa shape index (κ1) is 13.2. The molecule has 0 bridgehead atoms. The first-order valence-corrected chi connectivity index (χ1v) is 8.10. The fraction of sp³-hybridized carbons (Fsp3) is 0.846. The van der Waals surface area contributed by atoms with Gasteiger partial charge >= 0.3 is 0 Å². The molecule has 3 heterocycles. The van der Waals surface area contributed by atoms with Crippen molar-refractivity contribution in [1.82, 2.24) is 15.5 Å². The van der Waals surface area contributed by atoms with E-state index in [9.17, 15) is 9.59 Å². The van der Waals surface area contributed by atoms with E-state index in [1.165, 1.54) is 24.6 Å². The smallest absolute Gasteiger partial charge is 0.279 e. The zero-order chi connectivity index (χ0) is 13.3. The highest BCUT2D eigenvalue weighted by molar-refractivity contribution is 8.14. The van der Waals surface area contributed by atoms with Gasteiger partial charge in [-0.05, 0) is 37.6 Å². The van der Waals surface area contributed by atoms with E-state index in [1.807, 2.05) is 4.90 Å². The van der Waals surface area contributed by atoms with Crippen LogP contribution in [0.1, 0.15) is 25.7 Å². The zero-order valence-electron chi connectivity index (χ0n) is 11.1. The molecule has 6 heteroatoms. The molecular weight excluding hydrogens is 262 g/mol. The second-order valence-corrected chi connectivity index (χ2v) is 6.89. The van der Waals surface area contributed by atoms with E-state index < -0.39 is 0 Å². The Kier molecular flexibility index (Phi) is 3.71. The van der Waals surface area contributed by atoms with Crippen molar-refractivity contribution in [2.75, 3.05) is 31.9 Å². The van der Waals surface area contributed by atoms with Crippen molar-refractivity contribution in [2.45, 2.75) is 31.7 Å². The summed E-state index contributed by atoms with van der Waals surface area (Å²) in [6.07, 6.45) is 4.74. The molecule has 0 aromatic heterocycles. The van der Waals surface area contributed by atoms with Gasteiger partial charge in [0.2, 0.25) is 5.91 Å². The van der Waals surface area contributed by atoms with Gasteiger partial charge in [0.05, 0.1) is 0 Å². The average molecular weight is 283 g/mol. The van der Waals surface area contributed by atoms with Crippen LogP contribution in [0.25, 0.3) is 0 Å². The summed E-state index contributed by atoms with van der Waals surface area (Å²) in [4.78, 5) is 25.4. The number of rotatable bonds is 1. The maximum absolute atomic E-state index is 12.3. The standard InChI is InChI=1S/C13H21N3O2S/c17-11(10-8-19-12(18)15-10)16-6-3-13(4-7-16)2-1-5-14-9-13/h10,14H,1-9H2,(H,15,18)/t10-/m0/s1. The molecule has 3 aliphatic rings. The third kappa shape index (κ3) is 2.74. The van der Waals surface area contributed by atoms with Crippen LogP contribution < -0.4 is 10.6 Å². The number of likely N-dealkylation sites (tertiary alicyclic amines) is 1. The van der Waals surface area contributed by atoms with Gasteiger partial charge in [-0.15, -0.1) is 0 Å². The van der Waals surface area contributed by atoms with Gasteiger partial charge in [0.25, 0.3) is 5.24 Å². The molecule has 106 valence electrons. The number of amides is 2. The molecule has 2 amide bonds. The second-order valence-electron chi connectivity index (χ2n) is 5.90. The maximum Gasteiger partial charge on any atom is 0.279 e. The number of carbonyl (C=O) groups is 2. The molecule has 3 rings (SSSR count). The van der Waals surface area contributed by atoms with Crippen LogP contribution in [0, 0.1) is 5.41 Å². The summed E-state index contributed by atoms with van der Waals surface area (Å²) in [5.41, 5.74) is 0.419. The van der Waals surface area contributed by atoms with E-state index in [2.05, 4.69) is 10.6 Å². The molecule has 0 aliphatic carbocycles. The Morgan fingerprint density at radius 1 is 1.32 bits per heavy atom. The normalized spacial score (nSPS) is 30.4. The molecule has 0 saturated carbocycles. The van der Waals surface area contributed by atoms with Crippen molar-refractivity contribution in [3.8, 4) is 0 Å². The van der Waals surface area contributed by atoms with Crippen molar-refractivity contribution >= 4 is 22.9 Å². The fourth-order valence-electron chi connectivity index (χ4n) is 3.40. The van der Waals surface area contributed by atoms with Crippen molar-refractivity contribution in [2.24, 2.45) is 5.41 Å². The van der Waals surface area contributed by atoms with Crippen molar-refractivity contribution in [3.05, 3.63) is 0 Å². The van der Waals surface area contributed by atoms with Crippen molar-refractivity contribution < 1.29 is 9.59 Å². The fourth-order valence-corrected chi connectivity index (χ4v) is 4.17. The topological polar surface area (TPSA) is 61.4 Å². The van der Waals surface area contributed by atoms with Gasteiger partial charge in [-0.2, -0.15) is 0 Å². The monoisotopic (exact) mass is 283 g/mol. The van der Waals surface area contributed by atoms with Crippen LogP contribution in [0.15, 0.2) is 0 Å². The van der Waals surface area contributed by atoms with Gasteiger partial charge in [-0.1, -0.05) is 11.8 Å². The number of hydrogen-bond acceptors (Lipinski definition) is 4. The summed E-state index contributed by atoms with van der Waals surface area (Å²) in [5.74, 6) is 0.692. The van der Waals surface area contributed by atoms with Crippen LogP contribution in [0.2, 0.25) is 0 Å². The summed E-state index contributed by atoms with van der Waals surface area (Å²) in [6.45, 7) is 3.93. The van der Waals surface area contributed by atoms with E-state index in [1.54, 1.807) is 0 Å². The lowest BCUT2D eigenvalue weighted by atomic mass is 9.73. The van der Waals surface area contributed by atoms with Crippen LogP contribution in [-0.2, 0) is 4.79 Å². The Balaban J connectivity index is 1.54. The molecule has 3 fully saturated rings.